The zero-order chi connectivity index (χ0) is 12.8. The summed E-state index contributed by atoms with van der Waals surface area (Å²) in [5.74, 6) is -0.695. The molecule has 0 amide bonds. The third kappa shape index (κ3) is 4.46. The summed E-state index contributed by atoms with van der Waals surface area (Å²) in [6.07, 6.45) is 0.781. The zero-order valence-electron chi connectivity index (χ0n) is 9.90. The van der Waals surface area contributed by atoms with E-state index < -0.39 is 0 Å². The van der Waals surface area contributed by atoms with Crippen molar-refractivity contribution in [3.05, 3.63) is 33.4 Å². The highest BCUT2D eigenvalue weighted by Crippen LogP contribution is 2.19. The van der Waals surface area contributed by atoms with E-state index in [1.165, 1.54) is 14.0 Å². The Bertz CT molecular complexity index is 415. The highest BCUT2D eigenvalue weighted by Gasteiger charge is 2.22. The molecular weight excluding hydrogens is 331 g/mol. The molecule has 1 rings (SSSR count). The van der Waals surface area contributed by atoms with E-state index in [1.54, 1.807) is 0 Å². The molecule has 0 radical (unpaired) electrons. The lowest BCUT2D eigenvalue weighted by Gasteiger charge is -2.14. The number of methoxy groups -OCH3 is 1. The van der Waals surface area contributed by atoms with Gasteiger partial charge in [-0.1, -0.05) is 18.2 Å². The number of benzene rings is 1. The standard InChI is InChI=1S/C13H15IO3/c1-9(15)7-11(13(16)17-2)8-10-5-3-4-6-12(10)14/h3-6,11H,7-8H2,1-2H3. The molecule has 0 bridgehead atoms. The molecule has 0 saturated heterocycles. The van der Waals surface area contributed by atoms with E-state index in [-0.39, 0.29) is 24.1 Å². The Kier molecular flexibility index (Phi) is 5.61. The number of ketones is 1. The first-order valence-electron chi connectivity index (χ1n) is 5.35. The van der Waals surface area contributed by atoms with Crippen LogP contribution in [0.1, 0.15) is 18.9 Å². The minimum absolute atomic E-state index is 0.00587. The molecule has 1 aromatic rings. The highest BCUT2D eigenvalue weighted by atomic mass is 127. The van der Waals surface area contributed by atoms with E-state index in [4.69, 9.17) is 4.74 Å². The Morgan fingerprint density at radius 3 is 2.53 bits per heavy atom. The fourth-order valence-corrected chi connectivity index (χ4v) is 2.29. The van der Waals surface area contributed by atoms with E-state index >= 15 is 0 Å². The van der Waals surface area contributed by atoms with Gasteiger partial charge in [-0.05, 0) is 47.6 Å². The summed E-state index contributed by atoms with van der Waals surface area (Å²) in [5.41, 5.74) is 1.07. The van der Waals surface area contributed by atoms with Crippen molar-refractivity contribution in [1.29, 1.82) is 0 Å². The minimum atomic E-state index is -0.381. The van der Waals surface area contributed by atoms with Gasteiger partial charge in [-0.3, -0.25) is 4.79 Å². The van der Waals surface area contributed by atoms with Gasteiger partial charge < -0.3 is 9.53 Å². The van der Waals surface area contributed by atoms with Crippen LogP contribution in [-0.4, -0.2) is 18.9 Å². The van der Waals surface area contributed by atoms with Crippen LogP contribution in [0.5, 0.6) is 0 Å². The van der Waals surface area contributed by atoms with Gasteiger partial charge in [0.05, 0.1) is 13.0 Å². The van der Waals surface area contributed by atoms with Crippen LogP contribution >= 0.6 is 22.6 Å². The lowest BCUT2D eigenvalue weighted by molar-refractivity contribution is -0.147. The van der Waals surface area contributed by atoms with Crippen molar-refractivity contribution in [3.63, 3.8) is 0 Å². The van der Waals surface area contributed by atoms with Gasteiger partial charge in [-0.2, -0.15) is 0 Å². The van der Waals surface area contributed by atoms with Crippen molar-refractivity contribution in [2.75, 3.05) is 7.11 Å². The van der Waals surface area contributed by atoms with Gasteiger partial charge in [0.15, 0.2) is 0 Å². The molecule has 4 heteroatoms. The van der Waals surface area contributed by atoms with Crippen molar-refractivity contribution in [2.24, 2.45) is 5.92 Å². The van der Waals surface area contributed by atoms with Gasteiger partial charge in [-0.25, -0.2) is 0 Å². The van der Waals surface area contributed by atoms with Crippen LogP contribution in [0.4, 0.5) is 0 Å². The maximum absolute atomic E-state index is 11.6. The van der Waals surface area contributed by atoms with Crippen LogP contribution in [0.2, 0.25) is 0 Å². The number of carbonyl (C=O) groups is 2. The average Bonchev–Trinajstić information content (AvgIpc) is 2.29. The predicted octanol–water partition coefficient (Wildman–Crippen LogP) is 2.60. The molecule has 0 N–H and O–H groups in total. The molecule has 1 aromatic carbocycles. The van der Waals surface area contributed by atoms with Crippen molar-refractivity contribution in [3.8, 4) is 0 Å². The second kappa shape index (κ2) is 6.74. The Morgan fingerprint density at radius 2 is 2.00 bits per heavy atom. The normalized spacial score (nSPS) is 11.9. The number of Topliss-reactive ketones (excluding diaryl/α,β-unsaturated/α-hetero) is 1. The van der Waals surface area contributed by atoms with E-state index in [2.05, 4.69) is 22.6 Å². The summed E-state index contributed by atoms with van der Waals surface area (Å²) in [6, 6.07) is 7.83. The highest BCUT2D eigenvalue weighted by molar-refractivity contribution is 14.1. The average molecular weight is 346 g/mol. The van der Waals surface area contributed by atoms with Gasteiger partial charge in [0.1, 0.15) is 5.78 Å². The lowest BCUT2D eigenvalue weighted by Crippen LogP contribution is -2.21. The lowest BCUT2D eigenvalue weighted by atomic mass is 9.95. The molecule has 0 heterocycles. The van der Waals surface area contributed by atoms with Crippen molar-refractivity contribution in [2.45, 2.75) is 19.8 Å². The smallest absolute Gasteiger partial charge is 0.309 e. The van der Waals surface area contributed by atoms with E-state index in [9.17, 15) is 9.59 Å². The number of rotatable bonds is 5. The van der Waals surface area contributed by atoms with Crippen LogP contribution < -0.4 is 0 Å². The molecular formula is C13H15IO3. The van der Waals surface area contributed by atoms with Crippen LogP contribution in [0.15, 0.2) is 24.3 Å². The largest absolute Gasteiger partial charge is 0.469 e. The molecule has 0 aliphatic heterocycles. The third-order valence-electron chi connectivity index (χ3n) is 2.49. The second-order valence-electron chi connectivity index (χ2n) is 3.92. The van der Waals surface area contributed by atoms with Crippen LogP contribution in [0, 0.1) is 9.49 Å². The monoisotopic (exact) mass is 346 g/mol. The molecule has 1 unspecified atom stereocenters. The number of halogens is 1. The molecule has 0 saturated carbocycles. The third-order valence-corrected chi connectivity index (χ3v) is 3.54. The second-order valence-corrected chi connectivity index (χ2v) is 5.08. The maximum Gasteiger partial charge on any atom is 0.309 e. The van der Waals surface area contributed by atoms with Gasteiger partial charge in [0.2, 0.25) is 0 Å². The fourth-order valence-electron chi connectivity index (χ4n) is 1.68. The molecule has 1 atom stereocenters. The maximum atomic E-state index is 11.6. The van der Waals surface area contributed by atoms with Crippen LogP contribution in [0.25, 0.3) is 0 Å². The summed E-state index contributed by atoms with van der Waals surface area (Å²) in [5, 5.41) is 0. The van der Waals surface area contributed by atoms with Gasteiger partial charge in [0.25, 0.3) is 0 Å². The number of carbonyl (C=O) groups excluding carboxylic acids is 2. The minimum Gasteiger partial charge on any atom is -0.469 e. The Hall–Kier alpha value is -0.910. The Morgan fingerprint density at radius 1 is 1.35 bits per heavy atom. The molecule has 0 aromatic heterocycles. The van der Waals surface area contributed by atoms with Gasteiger partial charge in [0, 0.05) is 9.99 Å². The fraction of sp³-hybridized carbons (Fsp3) is 0.385. The predicted molar refractivity (Wildman–Crippen MR) is 73.7 cm³/mol. The topological polar surface area (TPSA) is 43.4 Å². The van der Waals surface area contributed by atoms with Crippen LogP contribution in [0.3, 0.4) is 0 Å². The number of ether oxygens (including phenoxy) is 1. The Balaban J connectivity index is 2.82. The number of hydrogen-bond donors (Lipinski definition) is 0. The molecule has 0 aliphatic rings. The number of esters is 1. The Labute approximate surface area is 115 Å². The summed E-state index contributed by atoms with van der Waals surface area (Å²) in [7, 11) is 1.35. The summed E-state index contributed by atoms with van der Waals surface area (Å²) in [6.45, 7) is 1.49. The van der Waals surface area contributed by atoms with Crippen molar-refractivity contribution in [1.82, 2.24) is 0 Å². The van der Waals surface area contributed by atoms with E-state index in [0.717, 1.165) is 9.13 Å². The summed E-state index contributed by atoms with van der Waals surface area (Å²) in [4.78, 5) is 22.7. The molecule has 17 heavy (non-hydrogen) atoms. The number of hydrogen-bond acceptors (Lipinski definition) is 3. The zero-order valence-corrected chi connectivity index (χ0v) is 12.1. The van der Waals surface area contributed by atoms with E-state index in [0.29, 0.717) is 6.42 Å². The quantitative estimate of drug-likeness (QED) is 0.608. The van der Waals surface area contributed by atoms with Crippen molar-refractivity contribution < 1.29 is 14.3 Å². The molecule has 3 nitrogen and oxygen atoms in total. The summed E-state index contributed by atoms with van der Waals surface area (Å²) >= 11 is 2.23. The van der Waals surface area contributed by atoms with Crippen LogP contribution in [-0.2, 0) is 20.7 Å². The van der Waals surface area contributed by atoms with Gasteiger partial charge in [-0.15, -0.1) is 0 Å². The molecule has 92 valence electrons. The van der Waals surface area contributed by atoms with Gasteiger partial charge >= 0.3 is 5.97 Å². The molecule has 0 aliphatic carbocycles. The molecule has 0 fully saturated rings. The summed E-state index contributed by atoms with van der Waals surface area (Å²) < 4.78 is 5.83. The van der Waals surface area contributed by atoms with Crippen molar-refractivity contribution >= 4 is 34.3 Å². The molecule has 0 spiro atoms. The first kappa shape index (κ1) is 14.2. The van der Waals surface area contributed by atoms with E-state index in [1.807, 2.05) is 24.3 Å². The first-order chi connectivity index (χ1) is 8.04. The SMILES string of the molecule is COC(=O)C(CC(C)=O)Cc1ccccc1I. The first-order valence-corrected chi connectivity index (χ1v) is 6.43.